The quantitative estimate of drug-likeness (QED) is 0.829. The largest absolute Gasteiger partial charge is 0.465 e. The van der Waals surface area contributed by atoms with Gasteiger partial charge in [-0.05, 0) is 60.2 Å². The number of halogens is 1. The van der Waals surface area contributed by atoms with Crippen molar-refractivity contribution in [1.82, 2.24) is 9.88 Å². The zero-order valence-electron chi connectivity index (χ0n) is 15.9. The fourth-order valence-corrected chi connectivity index (χ4v) is 4.63. The van der Waals surface area contributed by atoms with Crippen molar-refractivity contribution in [3.05, 3.63) is 57.9 Å². The lowest BCUT2D eigenvalue weighted by Gasteiger charge is -2.34. The van der Waals surface area contributed by atoms with Gasteiger partial charge < -0.3 is 19.6 Å². The van der Waals surface area contributed by atoms with Crippen LogP contribution in [0.3, 0.4) is 0 Å². The minimum absolute atomic E-state index is 0.119. The zero-order chi connectivity index (χ0) is 19.7. The van der Waals surface area contributed by atoms with Crippen LogP contribution in [-0.2, 0) is 24.3 Å². The Morgan fingerprint density at radius 2 is 2.21 bits per heavy atom. The number of aromatic nitrogens is 1. The summed E-state index contributed by atoms with van der Waals surface area (Å²) in [5.41, 5.74) is 5.49. The summed E-state index contributed by atoms with van der Waals surface area (Å²) in [6.07, 6.45) is 3.55. The molecular weight excluding hydrogens is 378 g/mol. The van der Waals surface area contributed by atoms with Crippen molar-refractivity contribution in [1.29, 1.82) is 0 Å². The first-order chi connectivity index (χ1) is 13.6. The van der Waals surface area contributed by atoms with Crippen LogP contribution in [0.4, 0.5) is 10.5 Å². The summed E-state index contributed by atoms with van der Waals surface area (Å²) in [5.74, 6) is 0. The first kappa shape index (κ1) is 19.0. The maximum absolute atomic E-state index is 11.7. The topological polar surface area (TPSA) is 65.9 Å². The number of pyridine rings is 1. The van der Waals surface area contributed by atoms with E-state index in [9.17, 15) is 9.90 Å². The first-order valence-electron chi connectivity index (χ1n) is 9.56. The van der Waals surface area contributed by atoms with Crippen LogP contribution >= 0.6 is 11.6 Å². The van der Waals surface area contributed by atoms with Crippen molar-refractivity contribution < 1.29 is 14.6 Å². The van der Waals surface area contributed by atoms with Gasteiger partial charge in [0.2, 0.25) is 0 Å². The van der Waals surface area contributed by atoms with Crippen LogP contribution in [0.2, 0.25) is 5.02 Å². The second-order valence-electron chi connectivity index (χ2n) is 7.38. The number of hydrogen-bond donors (Lipinski definition) is 1. The molecule has 0 radical (unpaired) electrons. The Morgan fingerprint density at radius 3 is 3.00 bits per heavy atom. The minimum atomic E-state index is -0.859. The molecule has 6 nitrogen and oxygen atoms in total. The van der Waals surface area contributed by atoms with Gasteiger partial charge in [0.05, 0.1) is 18.3 Å². The molecule has 0 aliphatic carbocycles. The number of methoxy groups -OCH3 is 1. The summed E-state index contributed by atoms with van der Waals surface area (Å²) in [4.78, 5) is 19.9. The number of nitrogens with zero attached hydrogens (tertiary/aromatic N) is 3. The summed E-state index contributed by atoms with van der Waals surface area (Å²) >= 11 is 6.39. The third-order valence-corrected chi connectivity index (χ3v) is 5.87. The molecule has 7 heteroatoms. The van der Waals surface area contributed by atoms with Crippen LogP contribution in [0.1, 0.15) is 41.3 Å². The Bertz CT molecular complexity index is 889. The van der Waals surface area contributed by atoms with Gasteiger partial charge in [0.15, 0.2) is 0 Å². The van der Waals surface area contributed by atoms with Gasteiger partial charge >= 0.3 is 6.09 Å². The molecule has 1 atom stereocenters. The fraction of sp³-hybridized carbons (Fsp3) is 0.429. The predicted molar refractivity (Wildman–Crippen MR) is 108 cm³/mol. The normalized spacial score (nSPS) is 19.0. The highest BCUT2D eigenvalue weighted by atomic mass is 35.5. The molecular formula is C21H24ClN3O3. The van der Waals surface area contributed by atoms with Crippen LogP contribution in [-0.4, -0.2) is 41.3 Å². The van der Waals surface area contributed by atoms with E-state index in [-0.39, 0.29) is 6.04 Å². The highest BCUT2D eigenvalue weighted by molar-refractivity contribution is 6.30. The van der Waals surface area contributed by atoms with E-state index in [1.165, 1.54) is 11.1 Å². The molecule has 0 bridgehead atoms. The Kier molecular flexibility index (Phi) is 5.42. The molecule has 0 unspecified atom stereocenters. The van der Waals surface area contributed by atoms with E-state index in [1.54, 1.807) is 12.0 Å². The van der Waals surface area contributed by atoms with Crippen LogP contribution in [0, 0.1) is 0 Å². The zero-order valence-corrected chi connectivity index (χ0v) is 16.7. The van der Waals surface area contributed by atoms with Crippen LogP contribution in [0.25, 0.3) is 0 Å². The number of fused-ring (bicyclic) bond motifs is 1. The van der Waals surface area contributed by atoms with E-state index in [2.05, 4.69) is 16.0 Å². The summed E-state index contributed by atoms with van der Waals surface area (Å²) in [7, 11) is 1.66. The van der Waals surface area contributed by atoms with Crippen molar-refractivity contribution in [2.24, 2.45) is 0 Å². The molecule has 1 amide bonds. The third-order valence-electron chi connectivity index (χ3n) is 5.66. The van der Waals surface area contributed by atoms with E-state index >= 15 is 0 Å². The minimum Gasteiger partial charge on any atom is -0.465 e. The van der Waals surface area contributed by atoms with Crippen molar-refractivity contribution in [2.75, 3.05) is 25.1 Å². The summed E-state index contributed by atoms with van der Waals surface area (Å²) < 4.78 is 5.20. The highest BCUT2D eigenvalue weighted by Gasteiger charge is 2.33. The molecule has 2 aromatic rings. The van der Waals surface area contributed by atoms with Gasteiger partial charge in [-0.1, -0.05) is 11.6 Å². The Morgan fingerprint density at radius 1 is 1.36 bits per heavy atom. The molecule has 1 fully saturated rings. The lowest BCUT2D eigenvalue weighted by Crippen LogP contribution is -2.34. The molecule has 4 rings (SSSR count). The number of benzene rings is 1. The second-order valence-corrected chi connectivity index (χ2v) is 7.81. The SMILES string of the molecule is COCc1cc(N2CCc3cc(Cl)cc([C@@H]4CCCN4C(=O)O)c3C2)ccn1. The van der Waals surface area contributed by atoms with Gasteiger partial charge in [0.25, 0.3) is 0 Å². The van der Waals surface area contributed by atoms with Gasteiger partial charge in [-0.2, -0.15) is 0 Å². The van der Waals surface area contributed by atoms with Gasteiger partial charge in [0, 0.05) is 43.7 Å². The number of hydrogen-bond acceptors (Lipinski definition) is 4. The first-order valence-corrected chi connectivity index (χ1v) is 9.94. The summed E-state index contributed by atoms with van der Waals surface area (Å²) in [6, 6.07) is 7.94. The predicted octanol–water partition coefficient (Wildman–Crippen LogP) is 4.26. The molecule has 1 N–H and O–H groups in total. The van der Waals surface area contributed by atoms with Gasteiger partial charge in [-0.15, -0.1) is 0 Å². The van der Waals surface area contributed by atoms with E-state index in [0.29, 0.717) is 18.2 Å². The number of amides is 1. The molecule has 2 aliphatic rings. The molecule has 28 heavy (non-hydrogen) atoms. The van der Waals surface area contributed by atoms with E-state index in [4.69, 9.17) is 16.3 Å². The Balaban J connectivity index is 1.68. The molecule has 1 aromatic carbocycles. The molecule has 0 spiro atoms. The average molecular weight is 402 g/mol. The Hall–Kier alpha value is -2.31. The molecule has 148 valence electrons. The molecule has 1 saturated heterocycles. The number of carbonyl (C=O) groups is 1. The van der Waals surface area contributed by atoms with E-state index < -0.39 is 6.09 Å². The van der Waals surface area contributed by atoms with Crippen LogP contribution in [0.5, 0.6) is 0 Å². The number of likely N-dealkylation sites (tertiary alicyclic amines) is 1. The lowest BCUT2D eigenvalue weighted by molar-refractivity contribution is 0.140. The van der Waals surface area contributed by atoms with Gasteiger partial charge in [0.1, 0.15) is 0 Å². The Labute approximate surface area is 169 Å². The van der Waals surface area contributed by atoms with Gasteiger partial charge in [-0.3, -0.25) is 4.98 Å². The monoisotopic (exact) mass is 401 g/mol. The van der Waals surface area contributed by atoms with Crippen molar-refractivity contribution in [3.63, 3.8) is 0 Å². The standard InChI is InChI=1S/C21H24ClN3O3/c1-28-13-16-11-17(4-6-23-16)24-8-5-14-9-15(22)10-18(19(14)12-24)20-3-2-7-25(20)21(26)27/h4,6,9-11,20H,2-3,5,7-8,12-13H2,1H3,(H,26,27)/t20-/m0/s1. The molecule has 0 saturated carbocycles. The van der Waals surface area contributed by atoms with Crippen LogP contribution < -0.4 is 4.90 Å². The maximum atomic E-state index is 11.7. The molecule has 3 heterocycles. The second kappa shape index (κ2) is 7.97. The van der Waals surface area contributed by atoms with Crippen molar-refractivity contribution in [2.45, 2.75) is 38.5 Å². The smallest absolute Gasteiger partial charge is 0.407 e. The average Bonchev–Trinajstić information content (AvgIpc) is 3.17. The maximum Gasteiger partial charge on any atom is 0.407 e. The summed E-state index contributed by atoms with van der Waals surface area (Å²) in [5, 5.41) is 10.3. The fourth-order valence-electron chi connectivity index (χ4n) is 4.38. The van der Waals surface area contributed by atoms with E-state index in [0.717, 1.165) is 49.3 Å². The number of anilines is 1. The molecule has 2 aliphatic heterocycles. The van der Waals surface area contributed by atoms with E-state index in [1.807, 2.05) is 24.4 Å². The third kappa shape index (κ3) is 3.66. The van der Waals surface area contributed by atoms with Crippen molar-refractivity contribution in [3.8, 4) is 0 Å². The van der Waals surface area contributed by atoms with Gasteiger partial charge in [-0.25, -0.2) is 4.79 Å². The highest BCUT2D eigenvalue weighted by Crippen LogP contribution is 2.39. The number of rotatable bonds is 4. The number of carboxylic acid groups (broad SMARTS) is 1. The van der Waals surface area contributed by atoms with Crippen molar-refractivity contribution >= 4 is 23.4 Å². The lowest BCUT2D eigenvalue weighted by atomic mass is 9.90. The molecule has 1 aromatic heterocycles. The van der Waals surface area contributed by atoms with Crippen LogP contribution in [0.15, 0.2) is 30.5 Å². The number of ether oxygens (including phenoxy) is 1. The summed E-state index contributed by atoms with van der Waals surface area (Å²) in [6.45, 7) is 2.68.